The Morgan fingerprint density at radius 1 is 1.57 bits per heavy atom. The van der Waals surface area contributed by atoms with Gasteiger partial charge in [0.15, 0.2) is 0 Å². The monoisotopic (exact) mass is 356 g/mol. The number of rotatable bonds is 5. The Hall–Kier alpha value is -0.980. The average molecular weight is 357 g/mol. The summed E-state index contributed by atoms with van der Waals surface area (Å²) < 4.78 is 6.03. The largest absolute Gasteiger partial charge is 0.389 e. The second-order valence-corrected chi connectivity index (χ2v) is 6.96. The van der Waals surface area contributed by atoms with Crippen molar-refractivity contribution in [1.29, 1.82) is 0 Å². The number of pyridine rings is 1. The minimum atomic E-state index is -0.957. The summed E-state index contributed by atoms with van der Waals surface area (Å²) >= 11 is 3.44. The molecule has 0 saturated carbocycles. The summed E-state index contributed by atoms with van der Waals surface area (Å²) in [6, 6.07) is 2.01. The van der Waals surface area contributed by atoms with Crippen LogP contribution in [0.4, 0.5) is 5.82 Å². The van der Waals surface area contributed by atoms with Crippen molar-refractivity contribution in [3.63, 3.8) is 0 Å². The number of carbonyl (C=O) groups is 1. The zero-order valence-corrected chi connectivity index (χ0v) is 14.2. The number of methoxy groups -OCH3 is 1. The fourth-order valence-corrected chi connectivity index (χ4v) is 2.94. The maximum atomic E-state index is 12.4. The molecule has 0 fully saturated rings. The number of hydrogen-bond donors (Lipinski definition) is 1. The summed E-state index contributed by atoms with van der Waals surface area (Å²) in [5.41, 5.74) is 0.0754. The van der Waals surface area contributed by atoms with Gasteiger partial charge in [0.05, 0.1) is 12.1 Å². The number of carbonyl (C=O) groups excluding carboxylic acids is 1. The van der Waals surface area contributed by atoms with Crippen LogP contribution in [-0.4, -0.2) is 41.9 Å². The normalized spacial score (nSPS) is 18.8. The zero-order chi connectivity index (χ0) is 15.6. The second-order valence-electron chi connectivity index (χ2n) is 6.04. The molecular formula is C15H21BrN2O3. The molecule has 0 aliphatic carbocycles. The number of hydrogen-bond acceptors (Lipinski definition) is 4. The van der Waals surface area contributed by atoms with Gasteiger partial charge in [-0.15, -0.1) is 0 Å². The molecule has 0 saturated heterocycles. The third-order valence-corrected chi connectivity index (χ3v) is 3.93. The van der Waals surface area contributed by atoms with Crippen molar-refractivity contribution < 1.29 is 14.6 Å². The van der Waals surface area contributed by atoms with E-state index in [0.717, 1.165) is 16.5 Å². The smallest absolute Gasteiger partial charge is 0.228 e. The summed E-state index contributed by atoms with van der Waals surface area (Å²) in [5, 5.41) is 10.0. The van der Waals surface area contributed by atoms with E-state index in [0.29, 0.717) is 18.8 Å². The van der Waals surface area contributed by atoms with Gasteiger partial charge in [-0.3, -0.25) is 9.69 Å². The first-order valence-electron chi connectivity index (χ1n) is 6.99. The average Bonchev–Trinajstić information content (AvgIpc) is 2.39. The maximum Gasteiger partial charge on any atom is 0.228 e. The van der Waals surface area contributed by atoms with E-state index >= 15 is 0 Å². The van der Waals surface area contributed by atoms with Crippen molar-refractivity contribution in [2.45, 2.75) is 38.2 Å². The highest BCUT2D eigenvalue weighted by atomic mass is 79.9. The van der Waals surface area contributed by atoms with Crippen LogP contribution in [0.25, 0.3) is 0 Å². The van der Waals surface area contributed by atoms with Crippen molar-refractivity contribution in [3.8, 4) is 0 Å². The molecule has 1 amide bonds. The molecule has 21 heavy (non-hydrogen) atoms. The van der Waals surface area contributed by atoms with Crippen LogP contribution in [-0.2, 0) is 9.53 Å². The Morgan fingerprint density at radius 3 is 2.90 bits per heavy atom. The fourth-order valence-electron chi connectivity index (χ4n) is 2.59. The van der Waals surface area contributed by atoms with E-state index in [2.05, 4.69) is 20.9 Å². The van der Waals surface area contributed by atoms with Crippen molar-refractivity contribution in [1.82, 2.24) is 4.98 Å². The summed E-state index contributed by atoms with van der Waals surface area (Å²) in [4.78, 5) is 18.4. The van der Waals surface area contributed by atoms with Crippen LogP contribution >= 0.6 is 15.9 Å². The molecule has 1 aromatic rings. The highest BCUT2D eigenvalue weighted by Crippen LogP contribution is 2.38. The number of β-amino-alcohol motifs (C(OH)–C–C–N with tert-alkyl or cyclic N) is 1. The molecule has 1 N–H and O–H groups in total. The highest BCUT2D eigenvalue weighted by Gasteiger charge is 2.34. The van der Waals surface area contributed by atoms with Crippen LogP contribution < -0.4 is 4.90 Å². The Labute approximate surface area is 133 Å². The lowest BCUT2D eigenvalue weighted by Crippen LogP contribution is -2.45. The van der Waals surface area contributed by atoms with E-state index in [4.69, 9.17) is 4.74 Å². The van der Waals surface area contributed by atoms with Crippen LogP contribution in [0.5, 0.6) is 0 Å². The molecule has 2 heterocycles. The molecule has 0 bridgehead atoms. The van der Waals surface area contributed by atoms with Gasteiger partial charge in [-0.2, -0.15) is 0 Å². The van der Waals surface area contributed by atoms with Crippen molar-refractivity contribution in [2.75, 3.05) is 25.2 Å². The summed E-state index contributed by atoms with van der Waals surface area (Å²) in [6.07, 6.45) is 2.89. The molecule has 1 atom stereocenters. The Balaban J connectivity index is 2.37. The van der Waals surface area contributed by atoms with Crippen LogP contribution in [0.15, 0.2) is 16.7 Å². The second kappa shape index (κ2) is 6.42. The van der Waals surface area contributed by atoms with Crippen molar-refractivity contribution >= 4 is 27.7 Å². The predicted molar refractivity (Wildman–Crippen MR) is 84.4 cm³/mol. The lowest BCUT2D eigenvalue weighted by atomic mass is 9.88. The van der Waals surface area contributed by atoms with E-state index in [-0.39, 0.29) is 18.4 Å². The van der Waals surface area contributed by atoms with Gasteiger partial charge in [0.25, 0.3) is 0 Å². The standard InChI is InChI=1S/C15H21BrN2O3/c1-15(2,20)9-18-13(19)6-10(4-5-21-3)12-7-11(16)8-17-14(12)18/h7-8,10,20H,4-6,9H2,1-3H3. The minimum Gasteiger partial charge on any atom is -0.389 e. The molecule has 0 aromatic carbocycles. The van der Waals surface area contributed by atoms with E-state index in [9.17, 15) is 9.90 Å². The number of amides is 1. The number of fused-ring (bicyclic) bond motifs is 1. The van der Waals surface area contributed by atoms with Crippen molar-refractivity contribution in [2.24, 2.45) is 0 Å². The zero-order valence-electron chi connectivity index (χ0n) is 12.6. The number of halogens is 1. The van der Waals surface area contributed by atoms with Gasteiger partial charge in [-0.25, -0.2) is 4.98 Å². The predicted octanol–water partition coefficient (Wildman–Crippen LogP) is 2.47. The molecule has 6 heteroatoms. The molecule has 0 spiro atoms. The quantitative estimate of drug-likeness (QED) is 0.880. The number of nitrogens with zero attached hydrogens (tertiary/aromatic N) is 2. The van der Waals surface area contributed by atoms with Gasteiger partial charge in [0.2, 0.25) is 5.91 Å². The SMILES string of the molecule is COCCC1CC(=O)N(CC(C)(C)O)c2ncc(Br)cc21. The van der Waals surface area contributed by atoms with Gasteiger partial charge in [0.1, 0.15) is 5.82 Å². The van der Waals surface area contributed by atoms with Gasteiger partial charge >= 0.3 is 0 Å². The fraction of sp³-hybridized carbons (Fsp3) is 0.600. The van der Waals surface area contributed by atoms with E-state index in [1.807, 2.05) is 6.07 Å². The lowest BCUT2D eigenvalue weighted by Gasteiger charge is -2.36. The van der Waals surface area contributed by atoms with Gasteiger partial charge in [-0.05, 0) is 53.7 Å². The van der Waals surface area contributed by atoms with Crippen LogP contribution in [0.3, 0.4) is 0 Å². The van der Waals surface area contributed by atoms with E-state index < -0.39 is 5.60 Å². The third-order valence-electron chi connectivity index (χ3n) is 3.49. The van der Waals surface area contributed by atoms with Gasteiger partial charge in [-0.1, -0.05) is 0 Å². The topological polar surface area (TPSA) is 62.7 Å². The Morgan fingerprint density at radius 2 is 2.29 bits per heavy atom. The van der Waals surface area contributed by atoms with Crippen LogP contribution in [0.2, 0.25) is 0 Å². The lowest BCUT2D eigenvalue weighted by molar-refractivity contribution is -0.120. The number of aromatic nitrogens is 1. The molecule has 116 valence electrons. The minimum absolute atomic E-state index is 0.000510. The van der Waals surface area contributed by atoms with Crippen molar-refractivity contribution in [3.05, 3.63) is 22.3 Å². The number of aliphatic hydroxyl groups is 1. The first-order chi connectivity index (χ1) is 9.81. The number of anilines is 1. The molecule has 0 radical (unpaired) electrons. The third kappa shape index (κ3) is 4.02. The van der Waals surface area contributed by atoms with Crippen LogP contribution in [0, 0.1) is 0 Å². The molecule has 1 unspecified atom stereocenters. The van der Waals surface area contributed by atoms with Crippen LogP contribution in [0.1, 0.15) is 38.2 Å². The van der Waals surface area contributed by atoms with E-state index in [1.165, 1.54) is 0 Å². The highest BCUT2D eigenvalue weighted by molar-refractivity contribution is 9.10. The maximum absolute atomic E-state index is 12.4. The number of ether oxygens (including phenoxy) is 1. The molecule has 1 aliphatic heterocycles. The summed E-state index contributed by atoms with van der Waals surface area (Å²) in [5.74, 6) is 0.758. The molecule has 1 aliphatic rings. The Bertz CT molecular complexity index is 528. The first kappa shape index (κ1) is 16.4. The van der Waals surface area contributed by atoms with E-state index in [1.54, 1.807) is 32.1 Å². The summed E-state index contributed by atoms with van der Waals surface area (Å²) in [6.45, 7) is 4.23. The molecule has 2 rings (SSSR count). The molecule has 1 aromatic heterocycles. The molecular weight excluding hydrogens is 336 g/mol. The Kier molecular flexibility index (Phi) is 5.01. The van der Waals surface area contributed by atoms with Gasteiger partial charge < -0.3 is 9.84 Å². The molecule has 5 nitrogen and oxygen atoms in total. The first-order valence-corrected chi connectivity index (χ1v) is 7.78. The summed E-state index contributed by atoms with van der Waals surface area (Å²) in [7, 11) is 1.66. The van der Waals surface area contributed by atoms with Gasteiger partial charge in [0, 0.05) is 30.8 Å².